The number of non-ortho nitro benzene ring substituents is 1. The molecule has 0 spiro atoms. The molecule has 0 heterocycles. The van der Waals surface area contributed by atoms with Gasteiger partial charge < -0.3 is 14.2 Å². The zero-order valence-electron chi connectivity index (χ0n) is 13.4. The van der Waals surface area contributed by atoms with Crippen LogP contribution >= 0.6 is 7.75 Å². The van der Waals surface area contributed by atoms with Gasteiger partial charge in [0.25, 0.3) is 5.69 Å². The second kappa shape index (κ2) is 7.94. The van der Waals surface area contributed by atoms with E-state index in [0.717, 1.165) is 30.3 Å². The fourth-order valence-electron chi connectivity index (χ4n) is 1.78. The second-order valence-electron chi connectivity index (χ2n) is 5.05. The van der Waals surface area contributed by atoms with Gasteiger partial charge in [-0.25, -0.2) is 8.96 Å². The predicted octanol–water partition coefficient (Wildman–Crippen LogP) is 3.36. The quantitative estimate of drug-likeness (QED) is 0.403. The molecule has 0 radical (unpaired) electrons. The summed E-state index contributed by atoms with van der Waals surface area (Å²) in [5.74, 6) is -2.68. The molecular formula is C15H14FN2O7P. The van der Waals surface area contributed by atoms with Crippen LogP contribution in [0.25, 0.3) is 0 Å². The fraction of sp³-hybridized carbons (Fsp3) is 0.133. The van der Waals surface area contributed by atoms with Crippen LogP contribution in [-0.4, -0.2) is 22.0 Å². The van der Waals surface area contributed by atoms with Crippen molar-refractivity contribution in [2.75, 3.05) is 0 Å². The van der Waals surface area contributed by atoms with Gasteiger partial charge in [-0.05, 0) is 31.2 Å². The topological polar surface area (TPSA) is 128 Å². The molecule has 26 heavy (non-hydrogen) atoms. The van der Waals surface area contributed by atoms with Gasteiger partial charge in [0, 0.05) is 12.1 Å². The first-order valence-corrected chi connectivity index (χ1v) is 8.73. The Hall–Kier alpha value is -2.97. The zero-order chi connectivity index (χ0) is 19.3. The van der Waals surface area contributed by atoms with E-state index in [2.05, 4.69) is 5.09 Å². The zero-order valence-corrected chi connectivity index (χ0v) is 14.3. The summed E-state index contributed by atoms with van der Waals surface area (Å²) in [6.07, 6.45) is 0. The van der Waals surface area contributed by atoms with Crippen molar-refractivity contribution in [3.63, 3.8) is 0 Å². The molecule has 138 valence electrons. The Balaban J connectivity index is 2.30. The molecule has 0 aromatic heterocycles. The number of nitro benzene ring substituents is 1. The third kappa shape index (κ3) is 5.01. The summed E-state index contributed by atoms with van der Waals surface area (Å²) in [7, 11) is -4.38. The van der Waals surface area contributed by atoms with Gasteiger partial charge in [0.1, 0.15) is 11.8 Å². The number of carbonyl (C=O) groups is 1. The molecular weight excluding hydrogens is 370 g/mol. The SMILES string of the molecule is CC(NP(=O)(Oc1ccc([N+](=O)[O-])cc1)Oc1ccccc1F)C(=O)O. The van der Waals surface area contributed by atoms with Crippen molar-refractivity contribution in [1.29, 1.82) is 0 Å². The summed E-state index contributed by atoms with van der Waals surface area (Å²) >= 11 is 0. The molecule has 2 unspecified atom stereocenters. The third-order valence-corrected chi connectivity index (χ3v) is 4.64. The molecule has 2 rings (SSSR count). The van der Waals surface area contributed by atoms with Gasteiger partial charge in [0.05, 0.1) is 4.92 Å². The summed E-state index contributed by atoms with van der Waals surface area (Å²) < 4.78 is 37.0. The normalized spacial score (nSPS) is 14.1. The highest BCUT2D eigenvalue weighted by Gasteiger charge is 2.34. The largest absolute Gasteiger partial charge is 0.513 e. The van der Waals surface area contributed by atoms with E-state index >= 15 is 0 Å². The summed E-state index contributed by atoms with van der Waals surface area (Å²) in [5.41, 5.74) is -0.228. The predicted molar refractivity (Wildman–Crippen MR) is 88.6 cm³/mol. The number of nitrogens with zero attached hydrogens (tertiary/aromatic N) is 1. The molecule has 0 fully saturated rings. The van der Waals surface area contributed by atoms with E-state index in [0.29, 0.717) is 0 Å². The summed E-state index contributed by atoms with van der Waals surface area (Å²) in [6.45, 7) is 1.19. The minimum Gasteiger partial charge on any atom is -0.480 e. The first kappa shape index (κ1) is 19.4. The average Bonchev–Trinajstić information content (AvgIpc) is 2.57. The summed E-state index contributed by atoms with van der Waals surface area (Å²) in [4.78, 5) is 21.1. The van der Waals surface area contributed by atoms with Crippen molar-refractivity contribution < 1.29 is 32.8 Å². The van der Waals surface area contributed by atoms with Gasteiger partial charge in [-0.15, -0.1) is 0 Å². The number of nitrogens with one attached hydrogen (secondary N) is 1. The standard InChI is InChI=1S/C15H14FN2O7P/c1-10(15(19)20)17-26(23,25-14-5-3-2-4-13(14)16)24-12-8-6-11(7-9-12)18(21)22/h2-10H,1H3,(H,17,23)(H,19,20). The maximum absolute atomic E-state index is 13.8. The summed E-state index contributed by atoms with van der Waals surface area (Å²) in [6, 6.07) is 8.23. The van der Waals surface area contributed by atoms with Gasteiger partial charge in [-0.2, -0.15) is 5.09 Å². The lowest BCUT2D eigenvalue weighted by atomic mass is 10.3. The molecule has 0 aliphatic heterocycles. The number of nitro groups is 1. The number of hydrogen-bond donors (Lipinski definition) is 2. The van der Waals surface area contributed by atoms with E-state index in [1.54, 1.807) is 0 Å². The van der Waals surface area contributed by atoms with Crippen LogP contribution in [0.1, 0.15) is 6.92 Å². The Morgan fingerprint density at radius 1 is 1.23 bits per heavy atom. The van der Waals surface area contributed by atoms with Crippen LogP contribution in [0.4, 0.5) is 10.1 Å². The number of hydrogen-bond acceptors (Lipinski definition) is 6. The molecule has 0 bridgehead atoms. The van der Waals surface area contributed by atoms with E-state index in [-0.39, 0.29) is 11.4 Å². The molecule has 2 N–H and O–H groups in total. The van der Waals surface area contributed by atoms with E-state index < -0.39 is 36.2 Å². The molecule has 9 nitrogen and oxygen atoms in total. The number of benzene rings is 2. The van der Waals surface area contributed by atoms with Crippen LogP contribution in [-0.2, 0) is 9.36 Å². The third-order valence-electron chi connectivity index (χ3n) is 3.05. The van der Waals surface area contributed by atoms with Crippen molar-refractivity contribution in [3.05, 3.63) is 64.5 Å². The lowest BCUT2D eigenvalue weighted by Gasteiger charge is -2.22. The molecule has 2 aromatic carbocycles. The highest BCUT2D eigenvalue weighted by molar-refractivity contribution is 7.52. The Morgan fingerprint density at radius 2 is 1.85 bits per heavy atom. The summed E-state index contributed by atoms with van der Waals surface area (Å²) in [5, 5.41) is 21.8. The van der Waals surface area contributed by atoms with Crippen molar-refractivity contribution >= 4 is 19.4 Å². The molecule has 0 aliphatic carbocycles. The number of carboxylic acids is 1. The van der Waals surface area contributed by atoms with E-state index in [1.807, 2.05) is 0 Å². The van der Waals surface area contributed by atoms with E-state index in [4.69, 9.17) is 14.2 Å². The van der Waals surface area contributed by atoms with Gasteiger partial charge in [-0.3, -0.25) is 14.9 Å². The van der Waals surface area contributed by atoms with Crippen LogP contribution in [0, 0.1) is 15.9 Å². The first-order valence-electron chi connectivity index (χ1n) is 7.19. The number of halogens is 1. The molecule has 0 saturated heterocycles. The minimum atomic E-state index is -4.38. The maximum atomic E-state index is 13.8. The van der Waals surface area contributed by atoms with Crippen molar-refractivity contribution in [1.82, 2.24) is 5.09 Å². The number of para-hydroxylation sites is 1. The van der Waals surface area contributed by atoms with Crippen molar-refractivity contribution in [2.24, 2.45) is 0 Å². The van der Waals surface area contributed by atoms with Gasteiger partial charge in [-0.1, -0.05) is 12.1 Å². The Morgan fingerprint density at radius 3 is 2.38 bits per heavy atom. The van der Waals surface area contributed by atoms with Crippen LogP contribution < -0.4 is 14.1 Å². The van der Waals surface area contributed by atoms with Crippen LogP contribution in [0.5, 0.6) is 11.5 Å². The first-order chi connectivity index (χ1) is 12.2. The molecule has 2 aromatic rings. The van der Waals surface area contributed by atoms with Crippen LogP contribution in [0.15, 0.2) is 48.5 Å². The Labute approximate surface area is 147 Å². The van der Waals surface area contributed by atoms with Crippen molar-refractivity contribution in [2.45, 2.75) is 13.0 Å². The van der Waals surface area contributed by atoms with Crippen LogP contribution in [0.3, 0.4) is 0 Å². The van der Waals surface area contributed by atoms with Gasteiger partial charge >= 0.3 is 13.7 Å². The number of rotatable bonds is 8. The lowest BCUT2D eigenvalue weighted by Crippen LogP contribution is -2.34. The molecule has 11 heteroatoms. The molecule has 0 amide bonds. The van der Waals surface area contributed by atoms with E-state index in [1.165, 1.54) is 25.1 Å². The smallest absolute Gasteiger partial charge is 0.480 e. The molecule has 2 atom stereocenters. The minimum absolute atomic E-state index is 0.0969. The van der Waals surface area contributed by atoms with Crippen LogP contribution in [0.2, 0.25) is 0 Å². The second-order valence-corrected chi connectivity index (χ2v) is 6.67. The highest BCUT2D eigenvalue weighted by Crippen LogP contribution is 2.46. The monoisotopic (exact) mass is 384 g/mol. The Bertz CT molecular complexity index is 859. The molecule has 0 aliphatic rings. The number of aliphatic carboxylic acids is 1. The molecule has 0 saturated carbocycles. The highest BCUT2D eigenvalue weighted by atomic mass is 31.2. The fourth-order valence-corrected chi connectivity index (χ4v) is 3.31. The lowest BCUT2D eigenvalue weighted by molar-refractivity contribution is -0.384. The van der Waals surface area contributed by atoms with Crippen molar-refractivity contribution in [3.8, 4) is 11.5 Å². The Kier molecular flexibility index (Phi) is 5.91. The number of carboxylic acid groups (broad SMARTS) is 1. The van der Waals surface area contributed by atoms with Gasteiger partial charge in [0.15, 0.2) is 11.6 Å². The average molecular weight is 384 g/mol. The van der Waals surface area contributed by atoms with Gasteiger partial charge in [0.2, 0.25) is 0 Å². The van der Waals surface area contributed by atoms with E-state index in [9.17, 15) is 23.9 Å². The maximum Gasteiger partial charge on any atom is 0.513 e.